The summed E-state index contributed by atoms with van der Waals surface area (Å²) in [6.45, 7) is 0.323. The van der Waals surface area contributed by atoms with Crippen LogP contribution in [0.5, 0.6) is 0 Å². The molecule has 1 aromatic rings. The van der Waals surface area contributed by atoms with E-state index in [1.54, 1.807) is 12.1 Å². The molecule has 0 bridgehead atoms. The van der Waals surface area contributed by atoms with Gasteiger partial charge in [0.05, 0.1) is 18.8 Å². The van der Waals surface area contributed by atoms with E-state index < -0.39 is 12.2 Å². The predicted octanol–water partition coefficient (Wildman–Crippen LogP) is 3.07. The van der Waals surface area contributed by atoms with Crippen molar-refractivity contribution in [1.29, 1.82) is 0 Å². The highest BCUT2D eigenvalue weighted by Gasteiger charge is 2.32. The zero-order valence-corrected chi connectivity index (χ0v) is 11.2. The topological polar surface area (TPSA) is 78.3 Å². The molecule has 0 radical (unpaired) electrons. The van der Waals surface area contributed by atoms with Crippen LogP contribution in [0.4, 0.5) is 14.9 Å². The summed E-state index contributed by atoms with van der Waals surface area (Å²) in [7, 11) is 0. The van der Waals surface area contributed by atoms with E-state index >= 15 is 0 Å². The fourth-order valence-corrected chi connectivity index (χ4v) is 1.94. The molecule has 0 aliphatic carbocycles. The lowest BCUT2D eigenvalue weighted by atomic mass is 10.2. The molecule has 1 heterocycles. The zero-order chi connectivity index (χ0) is 13.1. The largest absolute Gasteiger partial charge is 0.444 e. The summed E-state index contributed by atoms with van der Waals surface area (Å²) in [6, 6.07) is 4.50. The Morgan fingerprint density at radius 1 is 1.67 bits per heavy atom. The number of benzene rings is 1. The van der Waals surface area contributed by atoms with E-state index in [1.807, 2.05) is 22.6 Å². The van der Waals surface area contributed by atoms with E-state index in [9.17, 15) is 9.18 Å². The maximum Gasteiger partial charge on any atom is 0.414 e. The van der Waals surface area contributed by atoms with Gasteiger partial charge < -0.3 is 4.74 Å². The normalized spacial score (nSPS) is 18.4. The van der Waals surface area contributed by atoms with Crippen LogP contribution in [0.15, 0.2) is 23.3 Å². The fraction of sp³-hybridized carbons (Fsp3) is 0.300. The minimum Gasteiger partial charge on any atom is -0.444 e. The van der Waals surface area contributed by atoms with E-state index in [0.717, 1.165) is 0 Å². The van der Waals surface area contributed by atoms with E-state index in [4.69, 9.17) is 10.3 Å². The van der Waals surface area contributed by atoms with Gasteiger partial charge in [-0.2, -0.15) is 0 Å². The molecule has 0 saturated carbocycles. The average molecular weight is 362 g/mol. The lowest BCUT2D eigenvalue weighted by molar-refractivity contribution is 0.145. The summed E-state index contributed by atoms with van der Waals surface area (Å²) in [5, 5.41) is 3.35. The van der Waals surface area contributed by atoms with Gasteiger partial charge in [0.2, 0.25) is 0 Å². The molecule has 18 heavy (non-hydrogen) atoms. The highest BCUT2D eigenvalue weighted by molar-refractivity contribution is 14.1. The van der Waals surface area contributed by atoms with Crippen molar-refractivity contribution in [3.05, 3.63) is 38.0 Å². The first-order valence-electron chi connectivity index (χ1n) is 5.06. The lowest BCUT2D eigenvalue weighted by Gasteiger charge is -2.13. The SMILES string of the molecule is [N-]=[N+]=NC[C@@H]1CN(c2ccc(I)c(F)c2)C(=O)O1. The Hall–Kier alpha value is -1.54. The Balaban J connectivity index is 2.16. The molecular weight excluding hydrogens is 354 g/mol. The van der Waals surface area contributed by atoms with Crippen LogP contribution in [0, 0.1) is 9.39 Å². The molecule has 1 atom stereocenters. The summed E-state index contributed by atoms with van der Waals surface area (Å²) in [5.74, 6) is -0.389. The molecule has 6 nitrogen and oxygen atoms in total. The van der Waals surface area contributed by atoms with Gasteiger partial charge in [-0.15, -0.1) is 0 Å². The Morgan fingerprint density at radius 3 is 3.11 bits per heavy atom. The number of nitrogens with zero attached hydrogens (tertiary/aromatic N) is 4. The Morgan fingerprint density at radius 2 is 2.44 bits per heavy atom. The number of hydrogen-bond donors (Lipinski definition) is 0. The van der Waals surface area contributed by atoms with Crippen molar-refractivity contribution in [3.8, 4) is 0 Å². The number of amides is 1. The predicted molar refractivity (Wildman–Crippen MR) is 70.7 cm³/mol. The monoisotopic (exact) mass is 362 g/mol. The quantitative estimate of drug-likeness (QED) is 0.359. The van der Waals surface area contributed by atoms with Gasteiger partial charge in [-0.1, -0.05) is 5.11 Å². The van der Waals surface area contributed by atoms with Gasteiger partial charge in [-0.3, -0.25) is 4.90 Å². The molecule has 1 saturated heterocycles. The van der Waals surface area contributed by atoms with E-state index in [1.165, 1.54) is 11.0 Å². The number of cyclic esters (lactones) is 1. The van der Waals surface area contributed by atoms with Crippen LogP contribution < -0.4 is 4.90 Å². The standard InChI is InChI=1S/C10H8FIN4O2/c11-8-3-6(1-2-9(8)12)16-5-7(4-14-15-13)18-10(16)17/h1-3,7H,4-5H2/t7-/m1/s1. The lowest BCUT2D eigenvalue weighted by Crippen LogP contribution is -2.25. The van der Waals surface area contributed by atoms with E-state index in [2.05, 4.69) is 10.0 Å². The van der Waals surface area contributed by atoms with Gasteiger partial charge in [-0.25, -0.2) is 9.18 Å². The van der Waals surface area contributed by atoms with Gasteiger partial charge >= 0.3 is 6.09 Å². The number of hydrogen-bond acceptors (Lipinski definition) is 3. The van der Waals surface area contributed by atoms with Gasteiger partial charge in [0, 0.05) is 8.48 Å². The first-order chi connectivity index (χ1) is 8.61. The summed E-state index contributed by atoms with van der Waals surface area (Å²) in [6.07, 6.45) is -1.05. The number of rotatable bonds is 3. The number of carbonyl (C=O) groups is 1. The molecule has 1 aliphatic heterocycles. The van der Waals surface area contributed by atoms with Crippen LogP contribution in [-0.4, -0.2) is 25.3 Å². The van der Waals surface area contributed by atoms with Crippen LogP contribution in [0.2, 0.25) is 0 Å². The fourth-order valence-electron chi connectivity index (χ4n) is 1.61. The molecule has 0 aromatic heterocycles. The van der Waals surface area contributed by atoms with Gasteiger partial charge in [0.15, 0.2) is 0 Å². The Labute approximate surface area is 115 Å². The van der Waals surface area contributed by atoms with Crippen LogP contribution in [0.1, 0.15) is 0 Å². The number of anilines is 1. The van der Waals surface area contributed by atoms with Crippen molar-refractivity contribution in [3.63, 3.8) is 0 Å². The highest BCUT2D eigenvalue weighted by Crippen LogP contribution is 2.24. The van der Waals surface area contributed by atoms with Gasteiger partial charge in [0.1, 0.15) is 11.9 Å². The molecule has 0 unspecified atom stereocenters. The molecule has 8 heteroatoms. The third kappa shape index (κ3) is 2.65. The van der Waals surface area contributed by atoms with Crippen molar-refractivity contribution >= 4 is 34.4 Å². The van der Waals surface area contributed by atoms with Crippen molar-refractivity contribution < 1.29 is 13.9 Å². The Bertz CT molecular complexity index is 533. The average Bonchev–Trinajstić information content (AvgIpc) is 2.71. The zero-order valence-electron chi connectivity index (χ0n) is 9.08. The minimum atomic E-state index is -0.561. The first-order valence-corrected chi connectivity index (χ1v) is 6.13. The van der Waals surface area contributed by atoms with Crippen LogP contribution in [-0.2, 0) is 4.74 Å². The Kier molecular flexibility index (Phi) is 3.87. The highest BCUT2D eigenvalue weighted by atomic mass is 127. The summed E-state index contributed by atoms with van der Waals surface area (Å²) < 4.78 is 18.9. The maximum atomic E-state index is 13.4. The second kappa shape index (κ2) is 5.40. The van der Waals surface area contributed by atoms with Gasteiger partial charge in [0.25, 0.3) is 0 Å². The summed E-state index contributed by atoms with van der Waals surface area (Å²) in [5.41, 5.74) is 8.63. The number of azide groups is 1. The van der Waals surface area contributed by atoms with E-state index in [0.29, 0.717) is 9.26 Å². The first kappa shape index (κ1) is 12.9. The summed E-state index contributed by atoms with van der Waals surface area (Å²) in [4.78, 5) is 15.5. The molecule has 1 amide bonds. The third-order valence-corrected chi connectivity index (χ3v) is 3.31. The smallest absolute Gasteiger partial charge is 0.414 e. The molecule has 0 spiro atoms. The van der Waals surface area contributed by atoms with Crippen molar-refractivity contribution in [1.82, 2.24) is 0 Å². The van der Waals surface area contributed by atoms with Crippen molar-refractivity contribution in [2.75, 3.05) is 18.0 Å². The van der Waals surface area contributed by atoms with Crippen LogP contribution >= 0.6 is 22.6 Å². The number of halogens is 2. The number of ether oxygens (including phenoxy) is 1. The maximum absolute atomic E-state index is 13.4. The van der Waals surface area contributed by atoms with Crippen LogP contribution in [0.3, 0.4) is 0 Å². The summed E-state index contributed by atoms with van der Waals surface area (Å²) >= 11 is 1.87. The third-order valence-electron chi connectivity index (χ3n) is 2.44. The molecule has 0 N–H and O–H groups in total. The van der Waals surface area contributed by atoms with Crippen molar-refractivity contribution in [2.45, 2.75) is 6.10 Å². The molecule has 94 valence electrons. The molecule has 1 fully saturated rings. The second-order valence-corrected chi connectivity index (χ2v) is 4.79. The van der Waals surface area contributed by atoms with Gasteiger partial charge in [-0.05, 0) is 46.3 Å². The molecule has 1 aliphatic rings. The molecule has 2 rings (SSSR count). The number of carbonyl (C=O) groups excluding carboxylic acids is 1. The van der Waals surface area contributed by atoms with Crippen LogP contribution in [0.25, 0.3) is 10.4 Å². The minimum absolute atomic E-state index is 0.0750. The van der Waals surface area contributed by atoms with Crippen molar-refractivity contribution in [2.24, 2.45) is 5.11 Å². The van der Waals surface area contributed by atoms with E-state index in [-0.39, 0.29) is 18.9 Å². The molecular formula is C10H8FIN4O2. The second-order valence-electron chi connectivity index (χ2n) is 3.63. The molecule has 1 aromatic carbocycles.